The van der Waals surface area contributed by atoms with Crippen LogP contribution in [0.2, 0.25) is 0 Å². The summed E-state index contributed by atoms with van der Waals surface area (Å²) in [6.07, 6.45) is 0. The molecular weight excluding hydrogens is 284 g/mol. The van der Waals surface area contributed by atoms with Gasteiger partial charge >= 0.3 is 5.97 Å². The van der Waals surface area contributed by atoms with Gasteiger partial charge in [0.1, 0.15) is 5.75 Å². The number of carboxylic acids is 1. The Balaban J connectivity index is 2.01. The summed E-state index contributed by atoms with van der Waals surface area (Å²) in [5.74, 6) is -0.335. The number of carbonyl (C=O) groups is 1. The number of methoxy groups -OCH3 is 1. The maximum Gasteiger partial charge on any atom is 0.372 e. The molecule has 22 heavy (non-hydrogen) atoms. The first-order chi connectivity index (χ1) is 10.5. The van der Waals surface area contributed by atoms with E-state index in [1.807, 2.05) is 35.9 Å². The lowest BCUT2D eigenvalue weighted by molar-refractivity contribution is 0.0663. The zero-order valence-electron chi connectivity index (χ0n) is 12.6. The zero-order valence-corrected chi connectivity index (χ0v) is 12.6. The Morgan fingerprint density at radius 2 is 2.18 bits per heavy atom. The smallest absolute Gasteiger partial charge is 0.372 e. The quantitative estimate of drug-likeness (QED) is 0.801. The van der Waals surface area contributed by atoms with Gasteiger partial charge in [0.15, 0.2) is 0 Å². The van der Waals surface area contributed by atoms with Crippen LogP contribution in [-0.4, -0.2) is 28.0 Å². The van der Waals surface area contributed by atoms with Gasteiger partial charge in [-0.25, -0.2) is 4.79 Å². The molecule has 6 heteroatoms. The molecule has 0 radical (unpaired) electrons. The SMILES string of the molecule is COc1cccc(Cn2nc3oc(C(=O)O)c(C)c3c2C)c1. The predicted molar refractivity (Wildman–Crippen MR) is 80.5 cm³/mol. The Labute approximate surface area is 126 Å². The number of ether oxygens (including phenoxy) is 1. The summed E-state index contributed by atoms with van der Waals surface area (Å²) in [6, 6.07) is 7.74. The second-order valence-electron chi connectivity index (χ2n) is 5.14. The molecule has 0 aliphatic rings. The van der Waals surface area contributed by atoms with Crippen LogP contribution < -0.4 is 4.74 Å². The van der Waals surface area contributed by atoms with E-state index in [0.717, 1.165) is 22.4 Å². The topological polar surface area (TPSA) is 77.5 Å². The van der Waals surface area contributed by atoms with Crippen LogP contribution in [0, 0.1) is 13.8 Å². The molecule has 0 amide bonds. The highest BCUT2D eigenvalue weighted by Crippen LogP contribution is 2.28. The number of benzene rings is 1. The summed E-state index contributed by atoms with van der Waals surface area (Å²) in [5, 5.41) is 14.2. The number of aromatic carboxylic acids is 1. The van der Waals surface area contributed by atoms with E-state index in [4.69, 9.17) is 14.3 Å². The van der Waals surface area contributed by atoms with Gasteiger partial charge in [0.2, 0.25) is 11.5 Å². The van der Waals surface area contributed by atoms with Crippen LogP contribution in [0.15, 0.2) is 28.7 Å². The first kappa shape index (κ1) is 14.2. The summed E-state index contributed by atoms with van der Waals surface area (Å²) >= 11 is 0. The van der Waals surface area contributed by atoms with E-state index in [1.54, 1.807) is 14.0 Å². The van der Waals surface area contributed by atoms with E-state index in [-0.39, 0.29) is 5.76 Å². The van der Waals surface area contributed by atoms with Crippen molar-refractivity contribution in [3.8, 4) is 5.75 Å². The molecule has 0 bridgehead atoms. The van der Waals surface area contributed by atoms with E-state index >= 15 is 0 Å². The lowest BCUT2D eigenvalue weighted by Gasteiger charge is -2.06. The Bertz CT molecular complexity index is 861. The average molecular weight is 300 g/mol. The van der Waals surface area contributed by atoms with E-state index in [9.17, 15) is 4.79 Å². The van der Waals surface area contributed by atoms with Crippen LogP contribution in [-0.2, 0) is 6.54 Å². The molecular formula is C16H16N2O4. The highest BCUT2D eigenvalue weighted by Gasteiger charge is 2.22. The van der Waals surface area contributed by atoms with Gasteiger partial charge in [0, 0.05) is 11.3 Å². The molecule has 114 valence electrons. The van der Waals surface area contributed by atoms with Gasteiger partial charge in [-0.2, -0.15) is 0 Å². The second kappa shape index (κ2) is 5.22. The molecule has 0 saturated carbocycles. The fourth-order valence-corrected chi connectivity index (χ4v) is 2.61. The van der Waals surface area contributed by atoms with E-state index < -0.39 is 5.97 Å². The number of nitrogens with zero attached hydrogens (tertiary/aromatic N) is 2. The molecule has 3 aromatic rings. The highest BCUT2D eigenvalue weighted by molar-refractivity contribution is 5.94. The average Bonchev–Trinajstić information content (AvgIpc) is 2.98. The molecule has 1 N–H and O–H groups in total. The second-order valence-corrected chi connectivity index (χ2v) is 5.14. The third kappa shape index (κ3) is 2.22. The third-order valence-electron chi connectivity index (χ3n) is 3.75. The van der Waals surface area contributed by atoms with Crippen molar-refractivity contribution in [2.75, 3.05) is 7.11 Å². The Morgan fingerprint density at radius 3 is 2.82 bits per heavy atom. The molecule has 2 aromatic heterocycles. The number of aromatic nitrogens is 2. The lowest BCUT2D eigenvalue weighted by Crippen LogP contribution is -2.04. The van der Waals surface area contributed by atoms with Gasteiger partial charge in [-0.1, -0.05) is 12.1 Å². The number of furan rings is 1. The van der Waals surface area contributed by atoms with Crippen molar-refractivity contribution in [1.29, 1.82) is 0 Å². The normalized spacial score (nSPS) is 11.0. The third-order valence-corrected chi connectivity index (χ3v) is 3.75. The van der Waals surface area contributed by atoms with Gasteiger partial charge in [0.05, 0.1) is 19.0 Å². The minimum Gasteiger partial charge on any atom is -0.497 e. The first-order valence-corrected chi connectivity index (χ1v) is 6.84. The summed E-state index contributed by atoms with van der Waals surface area (Å²) in [5.41, 5.74) is 2.89. The molecule has 3 rings (SSSR count). The van der Waals surface area contributed by atoms with Gasteiger partial charge in [-0.05, 0) is 31.5 Å². The zero-order chi connectivity index (χ0) is 15.9. The van der Waals surface area contributed by atoms with Crippen molar-refractivity contribution >= 4 is 17.1 Å². The number of hydrogen-bond acceptors (Lipinski definition) is 4. The number of hydrogen-bond donors (Lipinski definition) is 1. The van der Waals surface area contributed by atoms with Gasteiger partial charge < -0.3 is 14.3 Å². The number of rotatable bonds is 4. The van der Waals surface area contributed by atoms with Crippen LogP contribution in [0.4, 0.5) is 0 Å². The maximum absolute atomic E-state index is 11.1. The van der Waals surface area contributed by atoms with E-state index in [2.05, 4.69) is 5.10 Å². The Kier molecular flexibility index (Phi) is 3.36. The molecule has 0 atom stereocenters. The molecule has 0 saturated heterocycles. The van der Waals surface area contributed by atoms with Gasteiger partial charge in [-0.3, -0.25) is 4.68 Å². The van der Waals surface area contributed by atoms with Gasteiger partial charge in [-0.15, -0.1) is 5.10 Å². The summed E-state index contributed by atoms with van der Waals surface area (Å²) in [4.78, 5) is 11.1. The van der Waals surface area contributed by atoms with Crippen LogP contribution in [0.3, 0.4) is 0 Å². The first-order valence-electron chi connectivity index (χ1n) is 6.84. The highest BCUT2D eigenvalue weighted by atomic mass is 16.5. The lowest BCUT2D eigenvalue weighted by atomic mass is 10.1. The minimum absolute atomic E-state index is 0.0471. The van der Waals surface area contributed by atoms with Gasteiger partial charge in [0.25, 0.3) is 0 Å². The van der Waals surface area contributed by atoms with E-state index in [0.29, 0.717) is 17.8 Å². The Morgan fingerprint density at radius 1 is 1.41 bits per heavy atom. The molecule has 0 aliphatic carbocycles. The number of carboxylic acid groups (broad SMARTS) is 1. The molecule has 0 spiro atoms. The molecule has 2 heterocycles. The molecule has 0 aliphatic heterocycles. The van der Waals surface area contributed by atoms with Crippen LogP contribution in [0.1, 0.15) is 27.4 Å². The van der Waals surface area contributed by atoms with Crippen LogP contribution in [0.5, 0.6) is 5.75 Å². The molecule has 0 unspecified atom stereocenters. The van der Waals surface area contributed by atoms with Crippen molar-refractivity contribution in [2.45, 2.75) is 20.4 Å². The number of fused-ring (bicyclic) bond motifs is 1. The maximum atomic E-state index is 11.1. The van der Waals surface area contributed by atoms with Crippen molar-refractivity contribution < 1.29 is 19.1 Å². The van der Waals surface area contributed by atoms with Crippen LogP contribution in [0.25, 0.3) is 11.1 Å². The summed E-state index contributed by atoms with van der Waals surface area (Å²) < 4.78 is 12.4. The predicted octanol–water partition coefficient (Wildman–Crippen LogP) is 3.00. The fraction of sp³-hybridized carbons (Fsp3) is 0.250. The molecule has 6 nitrogen and oxygen atoms in total. The van der Waals surface area contributed by atoms with E-state index in [1.165, 1.54) is 0 Å². The molecule has 0 fully saturated rings. The fourth-order valence-electron chi connectivity index (χ4n) is 2.61. The standard InChI is InChI=1S/C16H16N2O4/c1-9-13-10(2)18(17-15(13)22-14(9)16(19)20)8-11-5-4-6-12(7-11)21-3/h4-7H,8H2,1-3H3,(H,19,20). The Hall–Kier alpha value is -2.76. The monoisotopic (exact) mass is 300 g/mol. The summed E-state index contributed by atoms with van der Waals surface area (Å²) in [7, 11) is 1.63. The van der Waals surface area contributed by atoms with Crippen molar-refractivity contribution in [3.05, 3.63) is 46.8 Å². The van der Waals surface area contributed by atoms with Crippen molar-refractivity contribution in [1.82, 2.24) is 9.78 Å². The number of aryl methyl sites for hydroxylation is 2. The van der Waals surface area contributed by atoms with Crippen molar-refractivity contribution in [2.24, 2.45) is 0 Å². The van der Waals surface area contributed by atoms with Crippen LogP contribution >= 0.6 is 0 Å². The molecule has 1 aromatic carbocycles. The largest absolute Gasteiger partial charge is 0.497 e. The van der Waals surface area contributed by atoms with Crippen molar-refractivity contribution in [3.63, 3.8) is 0 Å². The minimum atomic E-state index is -1.07. The summed E-state index contributed by atoms with van der Waals surface area (Å²) in [6.45, 7) is 4.21.